The van der Waals surface area contributed by atoms with E-state index in [9.17, 15) is 14.4 Å². The van der Waals surface area contributed by atoms with Crippen molar-refractivity contribution in [1.29, 1.82) is 0 Å². The number of amides is 2. The van der Waals surface area contributed by atoms with Gasteiger partial charge in [0, 0.05) is 0 Å². The number of carbonyl (C=O) groups is 3. The summed E-state index contributed by atoms with van der Waals surface area (Å²) in [6.45, 7) is 1.64. The van der Waals surface area contributed by atoms with Gasteiger partial charge in [0.2, 0.25) is 0 Å². The molecule has 0 unspecified atom stereocenters. The maximum absolute atomic E-state index is 10.7. The molecular formula is C6H10N2O5. The number of nitrogens with one attached hydrogen (secondary N) is 2. The average Bonchev–Trinajstić information content (AvgIpc) is 2.13. The van der Waals surface area contributed by atoms with Crippen LogP contribution in [0, 0.1) is 0 Å². The van der Waals surface area contributed by atoms with E-state index in [-0.39, 0.29) is 6.61 Å². The summed E-state index contributed by atoms with van der Waals surface area (Å²) in [6.07, 6.45) is -0.877. The van der Waals surface area contributed by atoms with Gasteiger partial charge in [-0.2, -0.15) is 0 Å². The van der Waals surface area contributed by atoms with Gasteiger partial charge in [-0.3, -0.25) is 10.2 Å². The van der Waals surface area contributed by atoms with E-state index in [4.69, 9.17) is 0 Å². The molecule has 0 bridgehead atoms. The molecule has 7 heteroatoms. The standard InChI is InChI=1S/C6H10N2O5/c1-3-13-5(10)4(9)7-8-6(11)12-2/h3H2,1-2H3,(H,7,9)(H,8,11). The van der Waals surface area contributed by atoms with E-state index < -0.39 is 18.0 Å². The fourth-order valence-corrected chi connectivity index (χ4v) is 0.407. The van der Waals surface area contributed by atoms with Crippen LogP contribution in [0.15, 0.2) is 0 Å². The molecule has 0 saturated heterocycles. The van der Waals surface area contributed by atoms with E-state index in [0.29, 0.717) is 0 Å². The van der Waals surface area contributed by atoms with Crippen molar-refractivity contribution in [2.45, 2.75) is 6.92 Å². The van der Waals surface area contributed by atoms with Gasteiger partial charge in [0.05, 0.1) is 13.7 Å². The fourth-order valence-electron chi connectivity index (χ4n) is 0.407. The predicted octanol–water partition coefficient (Wildman–Crippen LogP) is -1.06. The van der Waals surface area contributed by atoms with Crippen LogP contribution in [0.1, 0.15) is 6.92 Å². The van der Waals surface area contributed by atoms with Gasteiger partial charge in [-0.15, -0.1) is 0 Å². The zero-order valence-corrected chi connectivity index (χ0v) is 7.25. The van der Waals surface area contributed by atoms with Crippen LogP contribution >= 0.6 is 0 Å². The maximum atomic E-state index is 10.7. The van der Waals surface area contributed by atoms with Gasteiger partial charge in [-0.1, -0.05) is 0 Å². The first-order valence-corrected chi connectivity index (χ1v) is 3.42. The number of esters is 1. The summed E-state index contributed by atoms with van der Waals surface area (Å²) in [6, 6.07) is 0. The predicted molar refractivity (Wildman–Crippen MR) is 40.3 cm³/mol. The highest BCUT2D eigenvalue weighted by Crippen LogP contribution is 1.76. The first kappa shape index (κ1) is 11.2. The molecule has 0 aliphatic rings. The van der Waals surface area contributed by atoms with Crippen molar-refractivity contribution in [2.75, 3.05) is 13.7 Å². The van der Waals surface area contributed by atoms with Crippen LogP contribution in [0.2, 0.25) is 0 Å². The van der Waals surface area contributed by atoms with Crippen LogP contribution < -0.4 is 10.9 Å². The number of ether oxygens (including phenoxy) is 2. The van der Waals surface area contributed by atoms with Crippen molar-refractivity contribution >= 4 is 18.0 Å². The van der Waals surface area contributed by atoms with Crippen LogP contribution in [-0.4, -0.2) is 31.7 Å². The largest absolute Gasteiger partial charge is 0.459 e. The van der Waals surface area contributed by atoms with Gasteiger partial charge in [0.15, 0.2) is 0 Å². The third kappa shape index (κ3) is 4.62. The lowest BCUT2D eigenvalue weighted by atomic mass is 10.6. The summed E-state index contributed by atoms with van der Waals surface area (Å²) in [5, 5.41) is 0. The number of hydrogen-bond donors (Lipinski definition) is 2. The van der Waals surface area contributed by atoms with Crippen LogP contribution in [-0.2, 0) is 19.1 Å². The number of carbonyl (C=O) groups excluding carboxylic acids is 3. The average molecular weight is 190 g/mol. The van der Waals surface area contributed by atoms with Crippen LogP contribution in [0.3, 0.4) is 0 Å². The van der Waals surface area contributed by atoms with Crippen molar-refractivity contribution < 1.29 is 23.9 Å². The van der Waals surface area contributed by atoms with Gasteiger partial charge in [0.25, 0.3) is 0 Å². The van der Waals surface area contributed by atoms with Crippen molar-refractivity contribution in [3.63, 3.8) is 0 Å². The van der Waals surface area contributed by atoms with E-state index in [1.54, 1.807) is 12.3 Å². The summed E-state index contributed by atoms with van der Waals surface area (Å²) in [5.41, 5.74) is 3.59. The lowest BCUT2D eigenvalue weighted by Gasteiger charge is -2.04. The summed E-state index contributed by atoms with van der Waals surface area (Å²) < 4.78 is 8.45. The SMILES string of the molecule is CCOC(=O)C(=O)NNC(=O)OC. The Kier molecular flexibility index (Phi) is 5.01. The summed E-state index contributed by atoms with van der Waals surface area (Å²) >= 11 is 0. The van der Waals surface area contributed by atoms with Crippen LogP contribution in [0.5, 0.6) is 0 Å². The Balaban J connectivity index is 3.74. The van der Waals surface area contributed by atoms with Crippen molar-refractivity contribution in [3.05, 3.63) is 0 Å². The van der Waals surface area contributed by atoms with E-state index in [2.05, 4.69) is 9.47 Å². The zero-order chi connectivity index (χ0) is 10.3. The number of hydrogen-bond acceptors (Lipinski definition) is 5. The van der Waals surface area contributed by atoms with Gasteiger partial charge in [-0.25, -0.2) is 15.0 Å². The molecule has 7 nitrogen and oxygen atoms in total. The van der Waals surface area contributed by atoms with Gasteiger partial charge >= 0.3 is 18.0 Å². The smallest absolute Gasteiger partial charge is 0.425 e. The molecule has 13 heavy (non-hydrogen) atoms. The summed E-state index contributed by atoms with van der Waals surface area (Å²) in [4.78, 5) is 31.7. The summed E-state index contributed by atoms with van der Waals surface area (Å²) in [5.74, 6) is -2.13. The molecule has 0 aromatic carbocycles. The molecule has 0 aliphatic carbocycles. The second-order valence-electron chi connectivity index (χ2n) is 1.79. The maximum Gasteiger partial charge on any atom is 0.425 e. The third-order valence-corrected chi connectivity index (χ3v) is 0.924. The molecule has 2 amide bonds. The quantitative estimate of drug-likeness (QED) is 0.312. The van der Waals surface area contributed by atoms with Gasteiger partial charge in [-0.05, 0) is 6.92 Å². The number of rotatable bonds is 1. The number of methoxy groups -OCH3 is 1. The molecule has 0 radical (unpaired) electrons. The Bertz CT molecular complexity index is 215. The molecule has 0 aromatic heterocycles. The molecule has 0 atom stereocenters. The first-order chi connectivity index (χ1) is 6.11. The topological polar surface area (TPSA) is 93.7 Å². The molecule has 0 aromatic rings. The van der Waals surface area contributed by atoms with E-state index in [1.807, 2.05) is 5.43 Å². The van der Waals surface area contributed by atoms with Gasteiger partial charge < -0.3 is 9.47 Å². The molecule has 0 aliphatic heterocycles. The normalized spacial score (nSPS) is 8.46. The Morgan fingerprint density at radius 3 is 2.31 bits per heavy atom. The molecular weight excluding hydrogens is 180 g/mol. The van der Waals surface area contributed by atoms with Crippen LogP contribution in [0.4, 0.5) is 4.79 Å². The molecule has 0 fully saturated rings. The lowest BCUT2D eigenvalue weighted by Crippen LogP contribution is -2.45. The molecule has 2 N–H and O–H groups in total. The monoisotopic (exact) mass is 190 g/mol. The highest BCUT2D eigenvalue weighted by molar-refractivity contribution is 6.32. The third-order valence-electron chi connectivity index (χ3n) is 0.924. The minimum absolute atomic E-state index is 0.0878. The molecule has 0 rings (SSSR count). The number of hydrazine groups is 1. The molecule has 0 spiro atoms. The van der Waals surface area contributed by atoms with Crippen molar-refractivity contribution in [3.8, 4) is 0 Å². The Morgan fingerprint density at radius 2 is 1.85 bits per heavy atom. The van der Waals surface area contributed by atoms with E-state index in [1.165, 1.54) is 0 Å². The van der Waals surface area contributed by atoms with Gasteiger partial charge in [0.1, 0.15) is 0 Å². The second-order valence-corrected chi connectivity index (χ2v) is 1.79. The van der Waals surface area contributed by atoms with E-state index >= 15 is 0 Å². The fraction of sp³-hybridized carbons (Fsp3) is 0.500. The second kappa shape index (κ2) is 5.81. The first-order valence-electron chi connectivity index (χ1n) is 3.42. The highest BCUT2D eigenvalue weighted by Gasteiger charge is 2.14. The minimum Gasteiger partial charge on any atom is -0.459 e. The Hall–Kier alpha value is -1.79. The van der Waals surface area contributed by atoms with Crippen molar-refractivity contribution in [1.82, 2.24) is 10.9 Å². The minimum atomic E-state index is -1.07. The molecule has 0 saturated carbocycles. The Labute approximate surface area is 74.3 Å². The van der Waals surface area contributed by atoms with Crippen molar-refractivity contribution in [2.24, 2.45) is 0 Å². The lowest BCUT2D eigenvalue weighted by molar-refractivity contribution is -0.154. The summed E-state index contributed by atoms with van der Waals surface area (Å²) in [7, 11) is 1.12. The Morgan fingerprint density at radius 1 is 1.23 bits per heavy atom. The highest BCUT2D eigenvalue weighted by atomic mass is 16.5. The van der Waals surface area contributed by atoms with Crippen LogP contribution in [0.25, 0.3) is 0 Å². The van der Waals surface area contributed by atoms with E-state index in [0.717, 1.165) is 7.11 Å². The molecule has 74 valence electrons. The molecule has 0 heterocycles. The zero-order valence-electron chi connectivity index (χ0n) is 7.25.